The molecule has 0 atom stereocenters. The van der Waals surface area contributed by atoms with E-state index in [2.05, 4.69) is 29.3 Å². The van der Waals surface area contributed by atoms with Crippen LogP contribution in [0.3, 0.4) is 0 Å². The van der Waals surface area contributed by atoms with Gasteiger partial charge in [-0.25, -0.2) is 4.39 Å². The van der Waals surface area contributed by atoms with Gasteiger partial charge in [0, 0.05) is 42.5 Å². The largest absolute Gasteiger partial charge is 0.379 e. The first-order valence-corrected chi connectivity index (χ1v) is 10.5. The van der Waals surface area contributed by atoms with E-state index in [0.29, 0.717) is 19.6 Å². The van der Waals surface area contributed by atoms with E-state index in [0.717, 1.165) is 49.8 Å². The molecule has 2 heterocycles. The molecule has 0 unspecified atom stereocenters. The first-order valence-electron chi connectivity index (χ1n) is 9.68. The Kier molecular flexibility index (Phi) is 7.97. The van der Waals surface area contributed by atoms with Crippen molar-refractivity contribution in [2.45, 2.75) is 20.0 Å². The van der Waals surface area contributed by atoms with E-state index in [-0.39, 0.29) is 11.7 Å². The smallest absolute Gasteiger partial charge is 0.237 e. The Hall–Kier alpha value is -1.80. The Bertz CT molecular complexity index is 744. The number of thiophene rings is 1. The van der Waals surface area contributed by atoms with E-state index < -0.39 is 0 Å². The number of benzene rings is 1. The molecule has 1 aromatic heterocycles. The SMILES string of the molecule is Cc1ccc(CN(Cc2ccc(F)cc2)C(=O)CNCCN2CCOCC2)s1. The van der Waals surface area contributed by atoms with Crippen molar-refractivity contribution in [2.75, 3.05) is 45.9 Å². The van der Waals surface area contributed by atoms with Gasteiger partial charge in [0.15, 0.2) is 0 Å². The van der Waals surface area contributed by atoms with E-state index >= 15 is 0 Å². The molecule has 7 heteroatoms. The molecular formula is C21H28FN3O2S. The molecule has 0 bridgehead atoms. The Labute approximate surface area is 170 Å². The Morgan fingerprint density at radius 2 is 1.93 bits per heavy atom. The molecule has 5 nitrogen and oxygen atoms in total. The zero-order chi connectivity index (χ0) is 19.8. The number of aryl methyl sites for hydroxylation is 1. The molecule has 1 aliphatic rings. The summed E-state index contributed by atoms with van der Waals surface area (Å²) in [5.41, 5.74) is 0.927. The molecule has 2 aromatic rings. The van der Waals surface area contributed by atoms with Crippen molar-refractivity contribution >= 4 is 17.2 Å². The van der Waals surface area contributed by atoms with Crippen molar-refractivity contribution in [2.24, 2.45) is 0 Å². The number of nitrogens with zero attached hydrogens (tertiary/aromatic N) is 2. The fraction of sp³-hybridized carbons (Fsp3) is 0.476. The molecule has 1 aromatic carbocycles. The summed E-state index contributed by atoms with van der Waals surface area (Å²) < 4.78 is 18.5. The fourth-order valence-corrected chi connectivity index (χ4v) is 4.08. The molecule has 1 aliphatic heterocycles. The number of hydrogen-bond donors (Lipinski definition) is 1. The van der Waals surface area contributed by atoms with Crippen molar-refractivity contribution in [3.05, 3.63) is 57.5 Å². The minimum atomic E-state index is -0.264. The van der Waals surface area contributed by atoms with Crippen molar-refractivity contribution in [1.29, 1.82) is 0 Å². The maximum Gasteiger partial charge on any atom is 0.237 e. The predicted octanol–water partition coefficient (Wildman–Crippen LogP) is 2.65. The van der Waals surface area contributed by atoms with Crippen molar-refractivity contribution in [1.82, 2.24) is 15.1 Å². The van der Waals surface area contributed by atoms with Gasteiger partial charge in [-0.3, -0.25) is 9.69 Å². The molecule has 3 rings (SSSR count). The normalized spacial score (nSPS) is 14.9. The summed E-state index contributed by atoms with van der Waals surface area (Å²) in [6, 6.07) is 10.5. The maximum atomic E-state index is 13.2. The Morgan fingerprint density at radius 3 is 2.61 bits per heavy atom. The number of halogens is 1. The third kappa shape index (κ3) is 6.67. The van der Waals surface area contributed by atoms with Crippen LogP contribution in [0.4, 0.5) is 4.39 Å². The second kappa shape index (κ2) is 10.7. The number of hydrogen-bond acceptors (Lipinski definition) is 5. The van der Waals surface area contributed by atoms with Gasteiger partial charge in [0.25, 0.3) is 0 Å². The highest BCUT2D eigenvalue weighted by atomic mass is 32.1. The van der Waals surface area contributed by atoms with Crippen LogP contribution in [-0.4, -0.2) is 61.6 Å². The Balaban J connectivity index is 1.53. The summed E-state index contributed by atoms with van der Waals surface area (Å²) in [4.78, 5) is 19.4. The number of carbonyl (C=O) groups excluding carboxylic acids is 1. The van der Waals surface area contributed by atoms with Crippen molar-refractivity contribution in [3.63, 3.8) is 0 Å². The lowest BCUT2D eigenvalue weighted by atomic mass is 10.2. The van der Waals surface area contributed by atoms with Gasteiger partial charge in [0.2, 0.25) is 5.91 Å². The first-order chi connectivity index (χ1) is 13.6. The fourth-order valence-electron chi connectivity index (χ4n) is 3.17. The molecule has 1 fully saturated rings. The van der Waals surface area contributed by atoms with Crippen LogP contribution >= 0.6 is 11.3 Å². The van der Waals surface area contributed by atoms with Crippen LogP contribution in [0.2, 0.25) is 0 Å². The van der Waals surface area contributed by atoms with E-state index in [1.807, 2.05) is 4.90 Å². The van der Waals surface area contributed by atoms with Crippen LogP contribution in [-0.2, 0) is 22.6 Å². The monoisotopic (exact) mass is 405 g/mol. The number of amides is 1. The van der Waals surface area contributed by atoms with Gasteiger partial charge in [-0.2, -0.15) is 0 Å². The van der Waals surface area contributed by atoms with E-state index in [9.17, 15) is 9.18 Å². The van der Waals surface area contributed by atoms with E-state index in [4.69, 9.17) is 4.74 Å². The number of rotatable bonds is 9. The third-order valence-electron chi connectivity index (χ3n) is 4.77. The topological polar surface area (TPSA) is 44.8 Å². The number of ether oxygens (including phenoxy) is 1. The highest BCUT2D eigenvalue weighted by molar-refractivity contribution is 7.11. The minimum absolute atomic E-state index is 0.0531. The molecule has 152 valence electrons. The van der Waals surface area contributed by atoms with Gasteiger partial charge >= 0.3 is 0 Å². The van der Waals surface area contributed by atoms with E-state index in [1.54, 1.807) is 23.5 Å². The quantitative estimate of drug-likeness (QED) is 0.652. The van der Waals surface area contributed by atoms with Gasteiger partial charge in [-0.1, -0.05) is 12.1 Å². The molecule has 0 spiro atoms. The summed E-state index contributed by atoms with van der Waals surface area (Å²) in [6.07, 6.45) is 0. The molecule has 0 radical (unpaired) electrons. The van der Waals surface area contributed by atoms with Gasteiger partial charge in [-0.15, -0.1) is 11.3 Å². The lowest BCUT2D eigenvalue weighted by Crippen LogP contribution is -2.43. The molecular weight excluding hydrogens is 377 g/mol. The van der Waals surface area contributed by atoms with Gasteiger partial charge < -0.3 is 15.0 Å². The minimum Gasteiger partial charge on any atom is -0.379 e. The van der Waals surface area contributed by atoms with Crippen molar-refractivity contribution in [3.8, 4) is 0 Å². The predicted molar refractivity (Wildman–Crippen MR) is 110 cm³/mol. The zero-order valence-electron chi connectivity index (χ0n) is 16.3. The molecule has 28 heavy (non-hydrogen) atoms. The number of carbonyl (C=O) groups is 1. The highest BCUT2D eigenvalue weighted by Gasteiger charge is 2.16. The summed E-state index contributed by atoms with van der Waals surface area (Å²) >= 11 is 1.70. The first kappa shape index (κ1) is 20.9. The lowest BCUT2D eigenvalue weighted by Gasteiger charge is -2.27. The zero-order valence-corrected chi connectivity index (χ0v) is 17.1. The number of nitrogens with one attached hydrogen (secondary N) is 1. The van der Waals surface area contributed by atoms with Gasteiger partial charge in [0.1, 0.15) is 5.82 Å². The maximum absolute atomic E-state index is 13.2. The molecule has 0 aliphatic carbocycles. The number of morpholine rings is 1. The second-order valence-corrected chi connectivity index (χ2v) is 8.39. The molecule has 0 saturated carbocycles. The van der Waals surface area contributed by atoms with E-state index in [1.165, 1.54) is 17.0 Å². The highest BCUT2D eigenvalue weighted by Crippen LogP contribution is 2.18. The van der Waals surface area contributed by atoms with Crippen LogP contribution in [0.15, 0.2) is 36.4 Å². The lowest BCUT2D eigenvalue weighted by molar-refractivity contribution is -0.131. The standard InChI is InChI=1S/C21H28FN3O2S/c1-17-2-7-20(28-17)16-25(15-18-3-5-19(22)6-4-18)21(26)14-23-8-9-24-10-12-27-13-11-24/h2-7,23H,8-16H2,1H3. The summed E-state index contributed by atoms with van der Waals surface area (Å²) in [5.74, 6) is -0.211. The second-order valence-electron chi connectivity index (χ2n) is 7.02. The molecule has 1 N–H and O–H groups in total. The average molecular weight is 406 g/mol. The summed E-state index contributed by atoms with van der Waals surface area (Å²) in [7, 11) is 0. The molecule has 1 amide bonds. The van der Waals surface area contributed by atoms with Crippen molar-refractivity contribution < 1.29 is 13.9 Å². The van der Waals surface area contributed by atoms with Crippen LogP contribution in [0, 0.1) is 12.7 Å². The summed E-state index contributed by atoms with van der Waals surface area (Å²) in [5, 5.41) is 3.27. The van der Waals surface area contributed by atoms with Gasteiger partial charge in [0.05, 0.1) is 26.3 Å². The third-order valence-corrected chi connectivity index (χ3v) is 5.75. The van der Waals surface area contributed by atoms with Crippen LogP contribution < -0.4 is 5.32 Å². The summed E-state index contributed by atoms with van der Waals surface area (Å²) in [6.45, 7) is 8.56. The van der Waals surface area contributed by atoms with Crippen LogP contribution in [0.25, 0.3) is 0 Å². The van der Waals surface area contributed by atoms with Crippen LogP contribution in [0.5, 0.6) is 0 Å². The van der Waals surface area contributed by atoms with Gasteiger partial charge in [-0.05, 0) is 36.8 Å². The van der Waals surface area contributed by atoms with Crippen LogP contribution in [0.1, 0.15) is 15.3 Å². The molecule has 1 saturated heterocycles. The Morgan fingerprint density at radius 1 is 1.18 bits per heavy atom. The average Bonchev–Trinajstić information content (AvgIpc) is 3.12.